The van der Waals surface area contributed by atoms with Crippen molar-refractivity contribution in [3.05, 3.63) is 22.2 Å². The molecular formula is C12H19BrNO2+. The number of methoxy groups -OCH3 is 1. The fourth-order valence-corrected chi connectivity index (χ4v) is 1.95. The van der Waals surface area contributed by atoms with E-state index in [0.717, 1.165) is 29.1 Å². The maximum absolute atomic E-state index is 5.50. The molecule has 0 atom stereocenters. The van der Waals surface area contributed by atoms with E-state index in [-0.39, 0.29) is 0 Å². The van der Waals surface area contributed by atoms with Crippen LogP contribution < -0.4 is 14.8 Å². The summed E-state index contributed by atoms with van der Waals surface area (Å²) in [6.07, 6.45) is 0. The van der Waals surface area contributed by atoms with Crippen LogP contribution in [0.1, 0.15) is 19.4 Å². The monoisotopic (exact) mass is 288 g/mol. The number of nitrogens with two attached hydrogens (primary N) is 1. The molecule has 0 aliphatic rings. The predicted molar refractivity (Wildman–Crippen MR) is 68.0 cm³/mol. The van der Waals surface area contributed by atoms with Crippen LogP contribution in [0.3, 0.4) is 0 Å². The van der Waals surface area contributed by atoms with E-state index in [9.17, 15) is 0 Å². The number of benzene rings is 1. The number of quaternary nitrogens is 1. The molecule has 0 heterocycles. The summed E-state index contributed by atoms with van der Waals surface area (Å²) in [6.45, 7) is 6.76. The van der Waals surface area contributed by atoms with Crippen molar-refractivity contribution in [1.29, 1.82) is 0 Å². The number of hydrogen-bond acceptors (Lipinski definition) is 2. The fourth-order valence-electron chi connectivity index (χ4n) is 1.46. The maximum atomic E-state index is 5.50. The van der Waals surface area contributed by atoms with Crippen molar-refractivity contribution in [3.8, 4) is 11.5 Å². The average molecular weight is 289 g/mol. The Balaban J connectivity index is 2.95. The Morgan fingerprint density at radius 2 is 2.00 bits per heavy atom. The standard InChI is InChI=1S/C12H18BrNO2/c1-4-14-8-9-6-11(15-3)12(16-5-2)7-10(9)13/h6-7,14H,4-5,8H2,1-3H3/p+1. The van der Waals surface area contributed by atoms with Gasteiger partial charge in [0.2, 0.25) is 0 Å². The van der Waals surface area contributed by atoms with Gasteiger partial charge in [0.25, 0.3) is 0 Å². The highest BCUT2D eigenvalue weighted by atomic mass is 79.9. The Morgan fingerprint density at radius 1 is 1.25 bits per heavy atom. The van der Waals surface area contributed by atoms with Crippen LogP contribution in [0.2, 0.25) is 0 Å². The molecule has 1 aromatic carbocycles. The van der Waals surface area contributed by atoms with Crippen LogP contribution in [0, 0.1) is 0 Å². The topological polar surface area (TPSA) is 35.1 Å². The van der Waals surface area contributed by atoms with Crippen molar-refractivity contribution in [2.24, 2.45) is 0 Å². The molecule has 90 valence electrons. The predicted octanol–water partition coefficient (Wildman–Crippen LogP) is 1.94. The Labute approximate surface area is 105 Å². The minimum absolute atomic E-state index is 0.642. The van der Waals surface area contributed by atoms with E-state index in [2.05, 4.69) is 28.2 Å². The molecule has 0 aromatic heterocycles. The van der Waals surface area contributed by atoms with Gasteiger partial charge in [0.05, 0.1) is 20.3 Å². The second-order valence-corrected chi connectivity index (χ2v) is 4.28. The Bertz CT molecular complexity index is 342. The molecule has 2 N–H and O–H groups in total. The van der Waals surface area contributed by atoms with Gasteiger partial charge in [0, 0.05) is 10.0 Å². The number of ether oxygens (including phenoxy) is 2. The molecule has 0 aliphatic carbocycles. The molecule has 1 rings (SSSR count). The number of rotatable bonds is 6. The third-order valence-corrected chi connectivity index (χ3v) is 3.02. The normalized spacial score (nSPS) is 10.2. The summed E-state index contributed by atoms with van der Waals surface area (Å²) in [4.78, 5) is 0. The molecule has 0 unspecified atom stereocenters. The van der Waals surface area contributed by atoms with Gasteiger partial charge in [-0.05, 0) is 26.0 Å². The smallest absolute Gasteiger partial charge is 0.162 e. The van der Waals surface area contributed by atoms with Gasteiger partial charge in [-0.3, -0.25) is 0 Å². The van der Waals surface area contributed by atoms with Crippen LogP contribution in [0.25, 0.3) is 0 Å². The van der Waals surface area contributed by atoms with Gasteiger partial charge in [0.15, 0.2) is 11.5 Å². The minimum atomic E-state index is 0.642. The summed E-state index contributed by atoms with van der Waals surface area (Å²) in [7, 11) is 1.67. The van der Waals surface area contributed by atoms with E-state index >= 15 is 0 Å². The fraction of sp³-hybridized carbons (Fsp3) is 0.500. The largest absolute Gasteiger partial charge is 0.493 e. The Hall–Kier alpha value is -0.740. The van der Waals surface area contributed by atoms with Crippen molar-refractivity contribution in [2.75, 3.05) is 20.3 Å². The molecule has 4 heteroatoms. The first-order valence-electron chi connectivity index (χ1n) is 5.53. The molecule has 0 spiro atoms. The lowest BCUT2D eigenvalue weighted by Gasteiger charge is -2.12. The molecule has 0 saturated heterocycles. The second kappa shape index (κ2) is 6.76. The van der Waals surface area contributed by atoms with E-state index in [0.29, 0.717) is 6.61 Å². The van der Waals surface area contributed by atoms with Gasteiger partial charge in [0.1, 0.15) is 6.54 Å². The molecule has 0 aliphatic heterocycles. The molecule has 3 nitrogen and oxygen atoms in total. The van der Waals surface area contributed by atoms with Gasteiger partial charge in [-0.1, -0.05) is 15.9 Å². The Morgan fingerprint density at radius 3 is 2.56 bits per heavy atom. The molecule has 0 bridgehead atoms. The van der Waals surface area contributed by atoms with Gasteiger partial charge in [-0.15, -0.1) is 0 Å². The highest BCUT2D eigenvalue weighted by Gasteiger charge is 2.10. The highest BCUT2D eigenvalue weighted by Crippen LogP contribution is 2.33. The lowest BCUT2D eigenvalue weighted by Crippen LogP contribution is -2.81. The van der Waals surface area contributed by atoms with Crippen molar-refractivity contribution < 1.29 is 14.8 Å². The van der Waals surface area contributed by atoms with Gasteiger partial charge >= 0.3 is 0 Å². The van der Waals surface area contributed by atoms with E-state index in [1.165, 1.54) is 5.56 Å². The third-order valence-electron chi connectivity index (χ3n) is 2.29. The lowest BCUT2D eigenvalue weighted by atomic mass is 10.2. The summed E-state index contributed by atoms with van der Waals surface area (Å²) in [5, 5.41) is 2.24. The number of halogens is 1. The molecular weight excluding hydrogens is 270 g/mol. The average Bonchev–Trinajstić information content (AvgIpc) is 2.28. The molecule has 0 amide bonds. The van der Waals surface area contributed by atoms with Crippen LogP contribution in [0.4, 0.5) is 0 Å². The molecule has 0 saturated carbocycles. The molecule has 0 radical (unpaired) electrons. The number of hydrogen-bond donors (Lipinski definition) is 1. The summed E-state index contributed by atoms with van der Waals surface area (Å²) < 4.78 is 11.9. The van der Waals surface area contributed by atoms with E-state index in [1.807, 2.05) is 19.1 Å². The lowest BCUT2D eigenvalue weighted by molar-refractivity contribution is -0.667. The Kier molecular flexibility index (Phi) is 5.63. The van der Waals surface area contributed by atoms with Crippen LogP contribution >= 0.6 is 15.9 Å². The van der Waals surface area contributed by atoms with Gasteiger partial charge < -0.3 is 14.8 Å². The van der Waals surface area contributed by atoms with E-state index in [4.69, 9.17) is 9.47 Å². The third kappa shape index (κ3) is 3.39. The summed E-state index contributed by atoms with van der Waals surface area (Å²) in [6, 6.07) is 4.00. The highest BCUT2D eigenvalue weighted by molar-refractivity contribution is 9.10. The van der Waals surface area contributed by atoms with Crippen molar-refractivity contribution in [3.63, 3.8) is 0 Å². The molecule has 0 fully saturated rings. The zero-order valence-corrected chi connectivity index (χ0v) is 11.6. The summed E-state index contributed by atoms with van der Waals surface area (Å²) in [5.74, 6) is 1.58. The first kappa shape index (κ1) is 13.3. The first-order chi connectivity index (χ1) is 7.72. The van der Waals surface area contributed by atoms with Crippen LogP contribution in [0.5, 0.6) is 11.5 Å². The maximum Gasteiger partial charge on any atom is 0.162 e. The second-order valence-electron chi connectivity index (χ2n) is 3.43. The summed E-state index contributed by atoms with van der Waals surface area (Å²) in [5.41, 5.74) is 1.22. The van der Waals surface area contributed by atoms with E-state index < -0.39 is 0 Å². The zero-order chi connectivity index (χ0) is 12.0. The van der Waals surface area contributed by atoms with Crippen molar-refractivity contribution in [1.82, 2.24) is 0 Å². The van der Waals surface area contributed by atoms with Gasteiger partial charge in [-0.25, -0.2) is 0 Å². The quantitative estimate of drug-likeness (QED) is 0.868. The van der Waals surface area contributed by atoms with Crippen molar-refractivity contribution >= 4 is 15.9 Å². The first-order valence-corrected chi connectivity index (χ1v) is 6.33. The van der Waals surface area contributed by atoms with Crippen LogP contribution in [-0.2, 0) is 6.54 Å². The molecule has 16 heavy (non-hydrogen) atoms. The summed E-state index contributed by atoms with van der Waals surface area (Å²) >= 11 is 3.56. The molecule has 1 aromatic rings. The van der Waals surface area contributed by atoms with E-state index in [1.54, 1.807) is 7.11 Å². The SMILES string of the molecule is CC[NH2+]Cc1cc(OC)c(OCC)cc1Br. The van der Waals surface area contributed by atoms with Crippen LogP contribution in [0.15, 0.2) is 16.6 Å². The van der Waals surface area contributed by atoms with Crippen molar-refractivity contribution in [2.45, 2.75) is 20.4 Å². The zero-order valence-electron chi connectivity index (χ0n) is 10.0. The van der Waals surface area contributed by atoms with Crippen LogP contribution in [-0.4, -0.2) is 20.3 Å². The van der Waals surface area contributed by atoms with Gasteiger partial charge in [-0.2, -0.15) is 0 Å². The minimum Gasteiger partial charge on any atom is -0.493 e.